The Kier molecular flexibility index (Phi) is 9.12. The fraction of sp³-hybridized carbons (Fsp3) is 0. The lowest BCUT2D eigenvalue weighted by atomic mass is 9.34. The van der Waals surface area contributed by atoms with Crippen LogP contribution in [0.25, 0.3) is 66.8 Å². The summed E-state index contributed by atoms with van der Waals surface area (Å²) in [5, 5.41) is 0. The zero-order chi connectivity index (χ0) is 47.3. The molecule has 0 atom stereocenters. The van der Waals surface area contributed by atoms with Crippen LogP contribution < -0.4 is 51.7 Å². The van der Waals surface area contributed by atoms with Crippen LogP contribution >= 0.6 is 0 Å². The molecular formula is C66H40B2O4. The molecule has 0 saturated carbocycles. The van der Waals surface area contributed by atoms with E-state index in [9.17, 15) is 0 Å². The molecule has 0 aromatic heterocycles. The van der Waals surface area contributed by atoms with E-state index in [0.29, 0.717) is 0 Å². The third kappa shape index (κ3) is 6.57. The van der Waals surface area contributed by atoms with Crippen molar-refractivity contribution in [2.45, 2.75) is 0 Å². The molecular weight excluding hydrogens is 878 g/mol. The first-order chi connectivity index (χ1) is 35.6. The highest BCUT2D eigenvalue weighted by Gasteiger charge is 2.42. The second-order valence-electron chi connectivity index (χ2n) is 19.1. The second-order valence-corrected chi connectivity index (χ2v) is 19.1. The van der Waals surface area contributed by atoms with Gasteiger partial charge in [0, 0.05) is 10.9 Å². The van der Waals surface area contributed by atoms with Crippen molar-refractivity contribution in [2.75, 3.05) is 0 Å². The molecule has 0 unspecified atom stereocenters. The summed E-state index contributed by atoms with van der Waals surface area (Å²) in [5.74, 6) is 6.73. The molecule has 0 N–H and O–H groups in total. The largest absolute Gasteiger partial charge is 0.458 e. The Labute approximate surface area is 418 Å². The first-order valence-corrected chi connectivity index (χ1v) is 24.6. The Bertz CT molecular complexity index is 3930. The van der Waals surface area contributed by atoms with E-state index in [1.165, 1.54) is 0 Å². The van der Waals surface area contributed by atoms with Crippen LogP contribution in [-0.4, -0.2) is 13.4 Å². The number of rotatable bonds is 6. The van der Waals surface area contributed by atoms with Gasteiger partial charge in [-0.25, -0.2) is 0 Å². The predicted molar refractivity (Wildman–Crippen MR) is 294 cm³/mol. The molecule has 0 radical (unpaired) electrons. The maximum Gasteiger partial charge on any atom is 0.260 e. The minimum absolute atomic E-state index is 0.0160. The van der Waals surface area contributed by atoms with Gasteiger partial charge in [-0.05, 0) is 161 Å². The van der Waals surface area contributed by atoms with Crippen LogP contribution in [0.3, 0.4) is 0 Å². The summed E-state index contributed by atoms with van der Waals surface area (Å²) in [7, 11) is 0. The molecule has 4 aliphatic heterocycles. The van der Waals surface area contributed by atoms with Crippen molar-refractivity contribution in [1.82, 2.24) is 0 Å². The Morgan fingerprint density at radius 1 is 0.194 bits per heavy atom. The standard InChI is InChI=1S/C66H40B2O4/c1-3-16-41(17-4-1)46-33-47(35-48(34-46)49-37-61-65-62(38-49)70-58-28-13-10-25-54(58)67(65)53-24-9-12-27-57(53)69-61)44-21-15-20-43(32-44)45-30-31-60-56(36-45)68-55-26-11-14-29-59(55)71-63-39-50(40-64(72-60)66(63)68)52-23-8-7-22-51(52)42-18-5-2-6-19-42/h1-40H. The third-order valence-corrected chi connectivity index (χ3v) is 14.9. The van der Waals surface area contributed by atoms with Crippen molar-refractivity contribution >= 4 is 46.2 Å². The van der Waals surface area contributed by atoms with Crippen LogP contribution in [0.1, 0.15) is 0 Å². The van der Waals surface area contributed by atoms with E-state index in [-0.39, 0.29) is 13.4 Å². The molecule has 6 heteroatoms. The van der Waals surface area contributed by atoms with Gasteiger partial charge in [0.25, 0.3) is 13.4 Å². The highest BCUT2D eigenvalue weighted by Crippen LogP contribution is 2.44. The smallest absolute Gasteiger partial charge is 0.260 e. The summed E-state index contributed by atoms with van der Waals surface area (Å²) >= 11 is 0. The topological polar surface area (TPSA) is 36.9 Å². The third-order valence-electron chi connectivity index (χ3n) is 14.9. The Hall–Kier alpha value is -9.25. The molecule has 0 aliphatic carbocycles. The monoisotopic (exact) mass is 918 g/mol. The fourth-order valence-corrected chi connectivity index (χ4v) is 11.6. The molecule has 0 fully saturated rings. The van der Waals surface area contributed by atoms with E-state index in [2.05, 4.69) is 231 Å². The lowest BCUT2D eigenvalue weighted by molar-refractivity contribution is 0.464. The molecule has 334 valence electrons. The number of hydrogen-bond donors (Lipinski definition) is 0. The van der Waals surface area contributed by atoms with Crippen molar-refractivity contribution in [1.29, 1.82) is 0 Å². The van der Waals surface area contributed by atoms with Gasteiger partial charge in [-0.3, -0.25) is 0 Å². The molecule has 0 saturated heterocycles. The van der Waals surface area contributed by atoms with E-state index < -0.39 is 0 Å². The van der Waals surface area contributed by atoms with Gasteiger partial charge in [0.15, 0.2) is 0 Å². The summed E-state index contributed by atoms with van der Waals surface area (Å²) < 4.78 is 27.2. The molecule has 0 amide bonds. The number of hydrogen-bond acceptors (Lipinski definition) is 4. The zero-order valence-corrected chi connectivity index (χ0v) is 38.9. The molecule has 15 rings (SSSR count). The molecule has 11 aromatic rings. The fourth-order valence-electron chi connectivity index (χ4n) is 11.6. The van der Waals surface area contributed by atoms with Gasteiger partial charge in [-0.2, -0.15) is 0 Å². The predicted octanol–water partition coefficient (Wildman–Crippen LogP) is 13.1. The molecule has 4 nitrogen and oxygen atoms in total. The van der Waals surface area contributed by atoms with Gasteiger partial charge < -0.3 is 18.9 Å². The minimum Gasteiger partial charge on any atom is -0.458 e. The highest BCUT2D eigenvalue weighted by molar-refractivity contribution is 6.99. The first-order valence-electron chi connectivity index (χ1n) is 24.6. The zero-order valence-electron chi connectivity index (χ0n) is 38.9. The second kappa shape index (κ2) is 16.2. The quantitative estimate of drug-likeness (QED) is 0.156. The average Bonchev–Trinajstić information content (AvgIpc) is 3.45. The van der Waals surface area contributed by atoms with Crippen LogP contribution in [0, 0.1) is 0 Å². The number of ether oxygens (including phenoxy) is 4. The maximum atomic E-state index is 6.94. The maximum absolute atomic E-state index is 6.94. The van der Waals surface area contributed by atoms with E-state index in [1.807, 2.05) is 12.1 Å². The van der Waals surface area contributed by atoms with Gasteiger partial charge in [-0.1, -0.05) is 170 Å². The van der Waals surface area contributed by atoms with Gasteiger partial charge in [-0.15, -0.1) is 0 Å². The molecule has 72 heavy (non-hydrogen) atoms. The van der Waals surface area contributed by atoms with E-state index in [1.54, 1.807) is 0 Å². The lowest BCUT2D eigenvalue weighted by Crippen LogP contribution is -2.57. The molecule has 4 aliphatic rings. The Balaban J connectivity index is 0.830. The SMILES string of the molecule is c1ccc(-c2cc(-c3cccc(-c4ccc5c(c4)B4c6ccccc6Oc6cc(-c7ccccc7-c7ccccc7)cc(c64)O5)c3)cc(-c3cc4c5c(c3)Oc3ccccc3B5c3ccccc3O4)c2)cc1. The number of fused-ring (bicyclic) bond motifs is 8. The van der Waals surface area contributed by atoms with E-state index >= 15 is 0 Å². The molecule has 0 spiro atoms. The van der Waals surface area contributed by atoms with E-state index in [0.717, 1.165) is 146 Å². The van der Waals surface area contributed by atoms with Crippen molar-refractivity contribution in [3.8, 4) is 113 Å². The number of benzene rings is 11. The van der Waals surface area contributed by atoms with Crippen LogP contribution in [0.4, 0.5) is 0 Å². The molecule has 4 heterocycles. The van der Waals surface area contributed by atoms with Crippen molar-refractivity contribution in [3.63, 3.8) is 0 Å². The summed E-state index contributed by atoms with van der Waals surface area (Å²) in [4.78, 5) is 0. The van der Waals surface area contributed by atoms with Gasteiger partial charge in [0.05, 0.1) is 0 Å². The summed E-state index contributed by atoms with van der Waals surface area (Å²) in [6.07, 6.45) is 0. The van der Waals surface area contributed by atoms with Crippen LogP contribution in [0.2, 0.25) is 0 Å². The van der Waals surface area contributed by atoms with Gasteiger partial charge in [0.1, 0.15) is 46.0 Å². The number of para-hydroxylation sites is 3. The van der Waals surface area contributed by atoms with E-state index in [4.69, 9.17) is 18.9 Å². The highest BCUT2D eigenvalue weighted by atomic mass is 16.5. The van der Waals surface area contributed by atoms with Crippen molar-refractivity contribution < 1.29 is 18.9 Å². The first kappa shape index (κ1) is 40.6. The molecule has 0 bridgehead atoms. The average molecular weight is 919 g/mol. The van der Waals surface area contributed by atoms with Crippen LogP contribution in [0.15, 0.2) is 243 Å². The normalized spacial score (nSPS) is 12.8. The molecule has 11 aromatic carbocycles. The van der Waals surface area contributed by atoms with Gasteiger partial charge in [0.2, 0.25) is 0 Å². The van der Waals surface area contributed by atoms with Crippen molar-refractivity contribution in [2.24, 2.45) is 0 Å². The van der Waals surface area contributed by atoms with Crippen LogP contribution in [0.5, 0.6) is 46.0 Å². The Morgan fingerprint density at radius 3 is 1.10 bits per heavy atom. The van der Waals surface area contributed by atoms with Gasteiger partial charge >= 0.3 is 0 Å². The summed E-state index contributed by atoms with van der Waals surface area (Å²) in [6, 6.07) is 86.1. The minimum atomic E-state index is -0.0811. The van der Waals surface area contributed by atoms with Crippen molar-refractivity contribution in [3.05, 3.63) is 243 Å². The Morgan fingerprint density at radius 2 is 0.542 bits per heavy atom. The summed E-state index contributed by atoms with van der Waals surface area (Å²) in [5.41, 5.74) is 20.0. The summed E-state index contributed by atoms with van der Waals surface area (Å²) in [6.45, 7) is -0.0651. The lowest BCUT2D eigenvalue weighted by Gasteiger charge is -2.33. The van der Waals surface area contributed by atoms with Crippen LogP contribution in [-0.2, 0) is 0 Å².